The maximum atomic E-state index is 12.9. The first-order valence-corrected chi connectivity index (χ1v) is 9.78. The molecule has 0 saturated heterocycles. The van der Waals surface area contributed by atoms with Gasteiger partial charge in [0.15, 0.2) is 5.78 Å². The molecule has 0 N–H and O–H groups in total. The highest BCUT2D eigenvalue weighted by Gasteiger charge is 2.28. The van der Waals surface area contributed by atoms with Crippen LogP contribution in [-0.2, 0) is 4.79 Å². The molecule has 0 bridgehead atoms. The average molecular weight is 312 g/mol. The first-order chi connectivity index (χ1) is 10.5. The Morgan fingerprint density at radius 3 is 1.86 bits per heavy atom. The van der Waals surface area contributed by atoms with Crippen molar-refractivity contribution >= 4 is 5.78 Å². The summed E-state index contributed by atoms with van der Waals surface area (Å²) in [4.78, 5) is 15.3. The summed E-state index contributed by atoms with van der Waals surface area (Å²) in [6.07, 6.45) is 11.8. The van der Waals surface area contributed by atoms with Gasteiger partial charge in [-0.15, -0.1) is 0 Å². The van der Waals surface area contributed by atoms with E-state index in [0.717, 1.165) is 19.3 Å². The molecule has 0 radical (unpaired) electrons. The van der Waals surface area contributed by atoms with Gasteiger partial charge in [-0.2, -0.15) is 0 Å². The minimum atomic E-state index is 0.0711. The third-order valence-electron chi connectivity index (χ3n) is 5.06. The minimum absolute atomic E-state index is 0.0711. The van der Waals surface area contributed by atoms with Gasteiger partial charge in [-0.05, 0) is 39.7 Å². The molecular formula is C20H41NO. The lowest BCUT2D eigenvalue weighted by molar-refractivity contribution is -0.128. The predicted molar refractivity (Wildman–Crippen MR) is 98.4 cm³/mol. The lowest BCUT2D eigenvalue weighted by Crippen LogP contribution is -2.45. The molecule has 0 saturated carbocycles. The Labute approximate surface area is 140 Å². The number of carbonyl (C=O) groups excluding carboxylic acids is 1. The Morgan fingerprint density at radius 1 is 0.818 bits per heavy atom. The second-order valence-electron chi connectivity index (χ2n) is 6.96. The topological polar surface area (TPSA) is 20.3 Å². The molecule has 2 nitrogen and oxygen atoms in total. The van der Waals surface area contributed by atoms with Gasteiger partial charge < -0.3 is 0 Å². The summed E-state index contributed by atoms with van der Waals surface area (Å²) in [5.41, 5.74) is 0. The van der Waals surface area contributed by atoms with Crippen molar-refractivity contribution in [2.75, 3.05) is 7.05 Å². The predicted octanol–water partition coefficient (Wildman–Crippen LogP) is 5.84. The largest absolute Gasteiger partial charge is 0.298 e. The van der Waals surface area contributed by atoms with Crippen LogP contribution in [0.15, 0.2) is 0 Å². The molecule has 0 aliphatic rings. The summed E-state index contributed by atoms with van der Waals surface area (Å²) >= 11 is 0. The van der Waals surface area contributed by atoms with Gasteiger partial charge in [-0.1, -0.05) is 66.2 Å². The molecule has 0 aliphatic carbocycles. The highest BCUT2D eigenvalue weighted by molar-refractivity contribution is 5.85. The van der Waals surface area contributed by atoms with Crippen molar-refractivity contribution in [3.05, 3.63) is 0 Å². The fourth-order valence-corrected chi connectivity index (χ4v) is 3.41. The fraction of sp³-hybridized carbons (Fsp3) is 0.950. The lowest BCUT2D eigenvalue weighted by Gasteiger charge is -2.34. The molecule has 0 spiro atoms. The van der Waals surface area contributed by atoms with Crippen LogP contribution in [-0.4, -0.2) is 29.8 Å². The molecule has 132 valence electrons. The normalized spacial score (nSPS) is 15.8. The lowest BCUT2D eigenvalue weighted by atomic mass is 9.88. The molecule has 2 unspecified atom stereocenters. The number of Topliss-reactive ketones (excluding diaryl/α,β-unsaturated/α-hetero) is 1. The van der Waals surface area contributed by atoms with E-state index in [0.29, 0.717) is 11.8 Å². The van der Waals surface area contributed by atoms with Gasteiger partial charge in [0.05, 0.1) is 6.04 Å². The van der Waals surface area contributed by atoms with Crippen molar-refractivity contribution in [1.82, 2.24) is 4.90 Å². The first kappa shape index (κ1) is 21.6. The number of likely N-dealkylation sites (N-methyl/N-ethyl adjacent to an activating group) is 1. The van der Waals surface area contributed by atoms with Crippen LogP contribution in [0.5, 0.6) is 0 Å². The van der Waals surface area contributed by atoms with E-state index in [9.17, 15) is 4.79 Å². The van der Waals surface area contributed by atoms with Gasteiger partial charge >= 0.3 is 0 Å². The van der Waals surface area contributed by atoms with E-state index in [2.05, 4.69) is 46.6 Å². The molecule has 2 heteroatoms. The number of hydrogen-bond donors (Lipinski definition) is 0. The van der Waals surface area contributed by atoms with Crippen molar-refractivity contribution in [1.29, 1.82) is 0 Å². The average Bonchev–Trinajstić information content (AvgIpc) is 2.53. The van der Waals surface area contributed by atoms with E-state index >= 15 is 0 Å². The molecule has 0 aliphatic heterocycles. The summed E-state index contributed by atoms with van der Waals surface area (Å²) < 4.78 is 0. The second-order valence-corrected chi connectivity index (χ2v) is 6.96. The second kappa shape index (κ2) is 13.1. The van der Waals surface area contributed by atoms with Crippen molar-refractivity contribution in [3.63, 3.8) is 0 Å². The number of carbonyl (C=O) groups is 1. The molecule has 22 heavy (non-hydrogen) atoms. The van der Waals surface area contributed by atoms with Crippen molar-refractivity contribution < 1.29 is 4.79 Å². The van der Waals surface area contributed by atoms with Crippen LogP contribution in [0.2, 0.25) is 0 Å². The molecule has 3 atom stereocenters. The summed E-state index contributed by atoms with van der Waals surface area (Å²) in [5.74, 6) is 0.756. The summed E-state index contributed by atoms with van der Waals surface area (Å²) in [7, 11) is 2.17. The highest BCUT2D eigenvalue weighted by atomic mass is 16.1. The molecule has 0 aromatic heterocycles. The third kappa shape index (κ3) is 7.76. The Morgan fingerprint density at radius 2 is 1.36 bits per heavy atom. The Balaban J connectivity index is 4.75. The number of rotatable bonds is 14. The Kier molecular flexibility index (Phi) is 12.9. The minimum Gasteiger partial charge on any atom is -0.298 e. The zero-order valence-corrected chi connectivity index (χ0v) is 16.2. The standard InChI is InChI=1S/C20H41NO/c1-7-11-15-18(13-9-3)20(22)17(5)21(6)19(14-10-4)16-12-8-2/h17-19H,7-16H2,1-6H3/t17-,18?,19?/m0/s1. The van der Waals surface area contributed by atoms with E-state index in [1.807, 2.05) is 0 Å². The van der Waals surface area contributed by atoms with Crippen molar-refractivity contribution in [2.45, 2.75) is 111 Å². The van der Waals surface area contributed by atoms with Gasteiger partial charge in [0, 0.05) is 12.0 Å². The van der Waals surface area contributed by atoms with E-state index in [1.165, 1.54) is 44.9 Å². The zero-order chi connectivity index (χ0) is 17.0. The first-order valence-electron chi connectivity index (χ1n) is 9.78. The molecule has 0 aromatic carbocycles. The van der Waals surface area contributed by atoms with Crippen molar-refractivity contribution in [3.8, 4) is 0 Å². The van der Waals surface area contributed by atoms with Gasteiger partial charge in [-0.3, -0.25) is 9.69 Å². The van der Waals surface area contributed by atoms with E-state index < -0.39 is 0 Å². The molecular weight excluding hydrogens is 270 g/mol. The van der Waals surface area contributed by atoms with E-state index in [-0.39, 0.29) is 12.0 Å². The number of hydrogen-bond acceptors (Lipinski definition) is 2. The summed E-state index contributed by atoms with van der Waals surface area (Å²) in [6.45, 7) is 11.0. The monoisotopic (exact) mass is 311 g/mol. The van der Waals surface area contributed by atoms with E-state index in [4.69, 9.17) is 0 Å². The maximum absolute atomic E-state index is 12.9. The highest BCUT2D eigenvalue weighted by Crippen LogP contribution is 2.22. The SMILES string of the molecule is CCCCC(CCC)C(=O)[C@H](C)N(C)C(CCC)CCCC. The molecule has 0 heterocycles. The van der Waals surface area contributed by atoms with Crippen molar-refractivity contribution in [2.24, 2.45) is 5.92 Å². The van der Waals surface area contributed by atoms with Crippen LogP contribution in [0.25, 0.3) is 0 Å². The van der Waals surface area contributed by atoms with Crippen LogP contribution in [0.3, 0.4) is 0 Å². The molecule has 0 fully saturated rings. The number of unbranched alkanes of at least 4 members (excludes halogenated alkanes) is 2. The summed E-state index contributed by atoms with van der Waals surface area (Å²) in [6, 6.07) is 0.638. The van der Waals surface area contributed by atoms with Crippen LogP contribution in [0.1, 0.15) is 98.8 Å². The van der Waals surface area contributed by atoms with Crippen LogP contribution >= 0.6 is 0 Å². The van der Waals surface area contributed by atoms with Gasteiger partial charge in [-0.25, -0.2) is 0 Å². The molecule has 0 rings (SSSR count). The van der Waals surface area contributed by atoms with Gasteiger partial charge in [0.1, 0.15) is 0 Å². The quantitative estimate of drug-likeness (QED) is 0.401. The Hall–Kier alpha value is -0.370. The van der Waals surface area contributed by atoms with E-state index in [1.54, 1.807) is 0 Å². The number of ketones is 1. The third-order valence-corrected chi connectivity index (χ3v) is 5.06. The van der Waals surface area contributed by atoms with Crippen LogP contribution in [0, 0.1) is 5.92 Å². The smallest absolute Gasteiger partial charge is 0.152 e. The van der Waals surface area contributed by atoms with Gasteiger partial charge in [0.25, 0.3) is 0 Å². The Bertz CT molecular complexity index is 277. The van der Waals surface area contributed by atoms with Crippen LogP contribution < -0.4 is 0 Å². The fourth-order valence-electron chi connectivity index (χ4n) is 3.41. The van der Waals surface area contributed by atoms with Crippen LogP contribution in [0.4, 0.5) is 0 Å². The van der Waals surface area contributed by atoms with Gasteiger partial charge in [0.2, 0.25) is 0 Å². The molecule has 0 aromatic rings. The number of nitrogens with zero attached hydrogens (tertiary/aromatic N) is 1. The maximum Gasteiger partial charge on any atom is 0.152 e. The molecule has 0 amide bonds. The summed E-state index contributed by atoms with van der Waals surface area (Å²) in [5, 5.41) is 0. The zero-order valence-electron chi connectivity index (χ0n) is 16.2.